The number of methoxy groups -OCH3 is 1. The minimum absolute atomic E-state index is 0.140. The molecule has 0 aromatic carbocycles. The first kappa shape index (κ1) is 14.6. The first-order chi connectivity index (χ1) is 11.1. The van der Waals surface area contributed by atoms with Gasteiger partial charge in [-0.3, -0.25) is 9.78 Å². The second kappa shape index (κ2) is 5.58. The highest BCUT2D eigenvalue weighted by molar-refractivity contribution is 7.20. The molecule has 0 aliphatic carbocycles. The summed E-state index contributed by atoms with van der Waals surface area (Å²) in [7, 11) is 1.36. The molecule has 4 rings (SSSR count). The highest BCUT2D eigenvalue weighted by Crippen LogP contribution is 2.29. The molecular weight excluding hydrogens is 314 g/mol. The third kappa shape index (κ3) is 2.60. The maximum atomic E-state index is 12.4. The number of fused-ring (bicyclic) bond motifs is 3. The van der Waals surface area contributed by atoms with Crippen molar-refractivity contribution in [3.05, 3.63) is 28.9 Å². The number of thiophene rings is 1. The number of pyridine rings is 1. The largest absolute Gasteiger partial charge is 0.465 e. The van der Waals surface area contributed by atoms with E-state index >= 15 is 0 Å². The fraction of sp³-hybridized carbons (Fsp3) is 0.438. The zero-order chi connectivity index (χ0) is 16.0. The molecule has 2 aliphatic heterocycles. The molecule has 2 aromatic rings. The van der Waals surface area contributed by atoms with E-state index in [0.717, 1.165) is 36.1 Å². The molecule has 0 radical (unpaired) electrons. The highest BCUT2D eigenvalue weighted by atomic mass is 32.1. The smallest absolute Gasteiger partial charge is 0.348 e. The Bertz CT molecular complexity index is 788. The second-order valence-electron chi connectivity index (χ2n) is 6.10. The Morgan fingerprint density at radius 1 is 1.39 bits per heavy atom. The van der Waals surface area contributed by atoms with Crippen LogP contribution in [-0.2, 0) is 4.74 Å². The number of piperidine rings is 1. The summed E-state index contributed by atoms with van der Waals surface area (Å²) >= 11 is 1.31. The molecule has 7 heteroatoms. The molecule has 6 nitrogen and oxygen atoms in total. The fourth-order valence-electron chi connectivity index (χ4n) is 3.45. The molecule has 4 heterocycles. The monoisotopic (exact) mass is 331 g/mol. The normalized spacial score (nSPS) is 25.7. The topological polar surface area (TPSA) is 71.5 Å². The summed E-state index contributed by atoms with van der Waals surface area (Å²) < 4.78 is 5.59. The van der Waals surface area contributed by atoms with E-state index in [2.05, 4.69) is 15.2 Å². The Balaban J connectivity index is 1.54. The van der Waals surface area contributed by atoms with Crippen molar-refractivity contribution in [2.24, 2.45) is 5.92 Å². The van der Waals surface area contributed by atoms with Gasteiger partial charge in [-0.15, -0.1) is 11.3 Å². The number of ether oxygens (including phenoxy) is 1. The zero-order valence-electron chi connectivity index (χ0n) is 12.7. The Labute approximate surface area is 137 Å². The van der Waals surface area contributed by atoms with Crippen LogP contribution in [-0.4, -0.2) is 54.5 Å². The minimum Gasteiger partial charge on any atom is -0.465 e. The number of hydrogen-bond acceptors (Lipinski definition) is 6. The lowest BCUT2D eigenvalue weighted by Crippen LogP contribution is -2.43. The van der Waals surface area contributed by atoms with Crippen molar-refractivity contribution in [1.29, 1.82) is 0 Å². The molecule has 1 N–H and O–H groups in total. The predicted octanol–water partition coefficient (Wildman–Crippen LogP) is 1.52. The van der Waals surface area contributed by atoms with Gasteiger partial charge in [0.15, 0.2) is 0 Å². The summed E-state index contributed by atoms with van der Waals surface area (Å²) in [5, 5.41) is 3.95. The SMILES string of the molecule is COC(=O)c1cc2cnc(C(=O)NC3CN4CC[C@H]3C4)cc2s1. The predicted molar refractivity (Wildman–Crippen MR) is 86.8 cm³/mol. The van der Waals surface area contributed by atoms with E-state index in [1.54, 1.807) is 18.3 Å². The van der Waals surface area contributed by atoms with Crippen LogP contribution in [0, 0.1) is 5.92 Å². The first-order valence-corrected chi connectivity index (χ1v) is 8.47. The third-order valence-electron chi connectivity index (χ3n) is 4.67. The third-order valence-corrected chi connectivity index (χ3v) is 5.75. The summed E-state index contributed by atoms with van der Waals surface area (Å²) in [5.41, 5.74) is 0.397. The lowest BCUT2D eigenvalue weighted by atomic mass is 10.00. The van der Waals surface area contributed by atoms with Crippen molar-refractivity contribution < 1.29 is 14.3 Å². The molecule has 0 saturated carbocycles. The number of carbonyl (C=O) groups excluding carboxylic acids is 2. The quantitative estimate of drug-likeness (QED) is 0.864. The van der Waals surface area contributed by atoms with Gasteiger partial charge in [0.05, 0.1) is 7.11 Å². The summed E-state index contributed by atoms with van der Waals surface area (Å²) in [4.78, 5) is 31.2. The van der Waals surface area contributed by atoms with E-state index in [9.17, 15) is 9.59 Å². The molecule has 120 valence electrons. The average Bonchev–Trinajstić information content (AvgIpc) is 3.27. The number of esters is 1. The van der Waals surface area contributed by atoms with E-state index in [1.807, 2.05) is 0 Å². The van der Waals surface area contributed by atoms with Crippen molar-refractivity contribution in [1.82, 2.24) is 15.2 Å². The Hall–Kier alpha value is -1.99. The van der Waals surface area contributed by atoms with Gasteiger partial charge in [0.2, 0.25) is 0 Å². The number of nitrogens with one attached hydrogen (secondary N) is 1. The van der Waals surface area contributed by atoms with Crippen molar-refractivity contribution in [2.45, 2.75) is 12.5 Å². The van der Waals surface area contributed by atoms with Crippen molar-refractivity contribution in [3.63, 3.8) is 0 Å². The number of aromatic nitrogens is 1. The number of nitrogens with zero attached hydrogens (tertiary/aromatic N) is 2. The van der Waals surface area contributed by atoms with Crippen LogP contribution in [0.15, 0.2) is 18.3 Å². The van der Waals surface area contributed by atoms with Gasteiger partial charge in [-0.2, -0.15) is 0 Å². The van der Waals surface area contributed by atoms with Gasteiger partial charge in [-0.25, -0.2) is 4.79 Å². The van der Waals surface area contributed by atoms with Crippen LogP contribution in [0.5, 0.6) is 0 Å². The van der Waals surface area contributed by atoms with Crippen molar-refractivity contribution >= 4 is 33.3 Å². The van der Waals surface area contributed by atoms with Crippen LogP contribution in [0.1, 0.15) is 26.6 Å². The lowest BCUT2D eigenvalue weighted by Gasteiger charge is -2.22. The highest BCUT2D eigenvalue weighted by Gasteiger charge is 2.38. The van der Waals surface area contributed by atoms with E-state index in [1.165, 1.54) is 18.4 Å². The van der Waals surface area contributed by atoms with Crippen LogP contribution < -0.4 is 5.32 Å². The van der Waals surface area contributed by atoms with Gasteiger partial charge < -0.3 is 15.0 Å². The number of rotatable bonds is 3. The standard InChI is InChI=1S/C16H17N3O3S/c1-22-16(21)14-4-10-6-17-11(5-13(10)23-14)15(20)18-12-8-19-3-2-9(12)7-19/h4-6,9,12H,2-3,7-8H2,1H3,(H,18,20)/t9-,12?/m0/s1. The maximum absolute atomic E-state index is 12.4. The molecule has 2 saturated heterocycles. The molecule has 2 fully saturated rings. The molecule has 0 spiro atoms. The lowest BCUT2D eigenvalue weighted by molar-refractivity contribution is 0.0606. The van der Waals surface area contributed by atoms with Crippen LogP contribution >= 0.6 is 11.3 Å². The van der Waals surface area contributed by atoms with E-state index in [0.29, 0.717) is 16.5 Å². The van der Waals surface area contributed by atoms with Crippen LogP contribution in [0.2, 0.25) is 0 Å². The average molecular weight is 331 g/mol. The summed E-state index contributed by atoms with van der Waals surface area (Å²) in [5.74, 6) is 0.0576. The van der Waals surface area contributed by atoms with Crippen LogP contribution in [0.3, 0.4) is 0 Å². The van der Waals surface area contributed by atoms with Gasteiger partial charge in [-0.1, -0.05) is 0 Å². The van der Waals surface area contributed by atoms with Crippen LogP contribution in [0.25, 0.3) is 10.1 Å². The van der Waals surface area contributed by atoms with Gasteiger partial charge in [0.25, 0.3) is 5.91 Å². The molecule has 23 heavy (non-hydrogen) atoms. The molecule has 2 aliphatic rings. The van der Waals surface area contributed by atoms with Crippen molar-refractivity contribution in [3.8, 4) is 0 Å². The molecule has 1 amide bonds. The molecule has 3 atom stereocenters. The maximum Gasteiger partial charge on any atom is 0.348 e. The Morgan fingerprint density at radius 2 is 2.26 bits per heavy atom. The number of hydrogen-bond donors (Lipinski definition) is 1. The summed E-state index contributed by atoms with van der Waals surface area (Å²) in [6.45, 7) is 3.17. The van der Waals surface area contributed by atoms with E-state index in [4.69, 9.17) is 4.74 Å². The fourth-order valence-corrected chi connectivity index (χ4v) is 4.44. The van der Waals surface area contributed by atoms with Crippen LogP contribution in [0.4, 0.5) is 0 Å². The molecule has 2 unspecified atom stereocenters. The zero-order valence-corrected chi connectivity index (χ0v) is 13.6. The Morgan fingerprint density at radius 3 is 2.96 bits per heavy atom. The summed E-state index contributed by atoms with van der Waals surface area (Å²) in [6, 6.07) is 3.71. The van der Waals surface area contributed by atoms with Gasteiger partial charge in [0.1, 0.15) is 10.6 Å². The van der Waals surface area contributed by atoms with Gasteiger partial charge >= 0.3 is 5.97 Å². The molecule has 2 bridgehead atoms. The van der Waals surface area contributed by atoms with Crippen molar-refractivity contribution in [2.75, 3.05) is 26.7 Å². The molecule has 2 aromatic heterocycles. The second-order valence-corrected chi connectivity index (χ2v) is 7.18. The molecular formula is C16H17N3O3S. The number of amides is 1. The Kier molecular flexibility index (Phi) is 3.54. The van der Waals surface area contributed by atoms with E-state index < -0.39 is 0 Å². The summed E-state index contributed by atoms with van der Waals surface area (Å²) in [6.07, 6.45) is 2.79. The minimum atomic E-state index is -0.367. The van der Waals surface area contributed by atoms with Gasteiger partial charge in [0, 0.05) is 35.4 Å². The van der Waals surface area contributed by atoms with E-state index in [-0.39, 0.29) is 17.9 Å². The van der Waals surface area contributed by atoms with Gasteiger partial charge in [-0.05, 0) is 31.0 Å². The first-order valence-electron chi connectivity index (χ1n) is 7.65. The number of carbonyl (C=O) groups is 2.